The standard InChI is InChI=1S/C16H12Cl2N2O4/c1-9-10(17)8-11(15(21)14(9)18)19-16(22)20(12-4-2-6-23-12)13-5-3-7-24-13/h2-8,21H,1H3,(H,19,22). The van der Waals surface area contributed by atoms with Gasteiger partial charge in [0.05, 0.1) is 23.2 Å². The number of carbonyl (C=O) groups is 1. The van der Waals surface area contributed by atoms with Crippen molar-refractivity contribution in [3.63, 3.8) is 0 Å². The van der Waals surface area contributed by atoms with Gasteiger partial charge in [0.1, 0.15) is 0 Å². The fraction of sp³-hybridized carbons (Fsp3) is 0.0625. The monoisotopic (exact) mass is 366 g/mol. The summed E-state index contributed by atoms with van der Waals surface area (Å²) >= 11 is 12.1. The Labute approximate surface area is 147 Å². The molecule has 2 amide bonds. The van der Waals surface area contributed by atoms with Crippen molar-refractivity contribution in [1.82, 2.24) is 0 Å². The number of aromatic hydroxyl groups is 1. The van der Waals surface area contributed by atoms with Crippen molar-refractivity contribution in [2.24, 2.45) is 0 Å². The molecule has 0 spiro atoms. The van der Waals surface area contributed by atoms with Gasteiger partial charge in [-0.05, 0) is 30.7 Å². The van der Waals surface area contributed by atoms with Crippen LogP contribution >= 0.6 is 23.2 Å². The van der Waals surface area contributed by atoms with E-state index in [1.165, 1.54) is 23.5 Å². The molecule has 24 heavy (non-hydrogen) atoms. The fourth-order valence-electron chi connectivity index (χ4n) is 2.07. The molecule has 0 unspecified atom stereocenters. The van der Waals surface area contributed by atoms with Crippen LogP contribution in [0.15, 0.2) is 51.7 Å². The Morgan fingerprint density at radius 1 is 1.17 bits per heavy atom. The first-order valence-electron chi connectivity index (χ1n) is 6.84. The first-order chi connectivity index (χ1) is 11.5. The van der Waals surface area contributed by atoms with Crippen LogP contribution in [0.5, 0.6) is 5.75 Å². The minimum atomic E-state index is -0.619. The van der Waals surface area contributed by atoms with Gasteiger partial charge in [0.15, 0.2) is 5.75 Å². The summed E-state index contributed by atoms with van der Waals surface area (Å²) in [6.07, 6.45) is 2.85. The number of nitrogens with one attached hydrogen (secondary N) is 1. The van der Waals surface area contributed by atoms with E-state index in [4.69, 9.17) is 32.0 Å². The molecule has 0 saturated carbocycles. The highest BCUT2D eigenvalue weighted by Crippen LogP contribution is 2.39. The number of phenols is 1. The van der Waals surface area contributed by atoms with Crippen LogP contribution in [-0.4, -0.2) is 11.1 Å². The third-order valence-electron chi connectivity index (χ3n) is 3.32. The molecule has 8 heteroatoms. The maximum Gasteiger partial charge on any atom is 0.335 e. The van der Waals surface area contributed by atoms with E-state index in [0.717, 1.165) is 0 Å². The van der Waals surface area contributed by atoms with Crippen LogP contribution in [0.25, 0.3) is 0 Å². The number of furan rings is 2. The minimum Gasteiger partial charge on any atom is -0.504 e. The summed E-state index contributed by atoms with van der Waals surface area (Å²) in [5, 5.41) is 13.1. The van der Waals surface area contributed by atoms with E-state index in [9.17, 15) is 9.90 Å². The third-order valence-corrected chi connectivity index (χ3v) is 4.17. The van der Waals surface area contributed by atoms with Crippen LogP contribution in [0, 0.1) is 6.92 Å². The number of halogens is 2. The summed E-state index contributed by atoms with van der Waals surface area (Å²) in [6, 6.07) is 7.25. The SMILES string of the molecule is Cc1c(Cl)cc(NC(=O)N(c2ccco2)c2ccco2)c(O)c1Cl. The van der Waals surface area contributed by atoms with Crippen LogP contribution < -0.4 is 10.2 Å². The van der Waals surface area contributed by atoms with Gasteiger partial charge in [-0.2, -0.15) is 0 Å². The van der Waals surface area contributed by atoms with Gasteiger partial charge >= 0.3 is 6.03 Å². The highest BCUT2D eigenvalue weighted by molar-refractivity contribution is 6.37. The lowest BCUT2D eigenvalue weighted by atomic mass is 10.2. The molecule has 0 bridgehead atoms. The van der Waals surface area contributed by atoms with Crippen LogP contribution in [0.2, 0.25) is 10.0 Å². The number of carbonyl (C=O) groups excluding carboxylic acids is 1. The molecule has 0 radical (unpaired) electrons. The average molecular weight is 367 g/mol. The van der Waals surface area contributed by atoms with Crippen molar-refractivity contribution in [1.29, 1.82) is 0 Å². The Hall–Kier alpha value is -2.57. The molecule has 0 aliphatic carbocycles. The lowest BCUT2D eigenvalue weighted by molar-refractivity contribution is 0.257. The summed E-state index contributed by atoms with van der Waals surface area (Å²) in [5.41, 5.74) is 0.589. The van der Waals surface area contributed by atoms with Gasteiger partial charge in [-0.25, -0.2) is 9.69 Å². The number of anilines is 3. The van der Waals surface area contributed by atoms with Crippen molar-refractivity contribution in [2.45, 2.75) is 6.92 Å². The summed E-state index contributed by atoms with van der Waals surface area (Å²) in [6.45, 7) is 1.66. The molecule has 0 aliphatic rings. The molecule has 3 rings (SSSR count). The number of hydrogen-bond donors (Lipinski definition) is 2. The Kier molecular flexibility index (Phi) is 4.42. The molecule has 0 atom stereocenters. The highest BCUT2D eigenvalue weighted by atomic mass is 35.5. The van der Waals surface area contributed by atoms with Gasteiger partial charge < -0.3 is 19.3 Å². The van der Waals surface area contributed by atoms with Crippen molar-refractivity contribution < 1.29 is 18.7 Å². The number of benzene rings is 1. The van der Waals surface area contributed by atoms with Gasteiger partial charge in [-0.3, -0.25) is 0 Å². The van der Waals surface area contributed by atoms with E-state index in [0.29, 0.717) is 10.6 Å². The second-order valence-corrected chi connectivity index (χ2v) is 5.65. The van der Waals surface area contributed by atoms with Crippen molar-refractivity contribution in [3.8, 4) is 5.75 Å². The normalized spacial score (nSPS) is 10.6. The number of hydrogen-bond acceptors (Lipinski definition) is 4. The second-order valence-electron chi connectivity index (χ2n) is 4.86. The molecule has 2 heterocycles. The maximum absolute atomic E-state index is 12.7. The number of amides is 2. The Morgan fingerprint density at radius 3 is 2.25 bits per heavy atom. The largest absolute Gasteiger partial charge is 0.504 e. The van der Waals surface area contributed by atoms with Crippen molar-refractivity contribution in [2.75, 3.05) is 10.2 Å². The van der Waals surface area contributed by atoms with Gasteiger partial charge in [0.2, 0.25) is 11.8 Å². The summed E-state index contributed by atoms with van der Waals surface area (Å²) in [4.78, 5) is 13.8. The van der Waals surface area contributed by atoms with E-state index < -0.39 is 6.03 Å². The smallest absolute Gasteiger partial charge is 0.335 e. The number of rotatable bonds is 3. The van der Waals surface area contributed by atoms with Crippen LogP contribution in [0.3, 0.4) is 0 Å². The van der Waals surface area contributed by atoms with Crippen molar-refractivity contribution >= 4 is 46.7 Å². The topological polar surface area (TPSA) is 78.9 Å². The Bertz CT molecular complexity index is 827. The molecule has 124 valence electrons. The lowest BCUT2D eigenvalue weighted by Gasteiger charge is -2.19. The zero-order valence-electron chi connectivity index (χ0n) is 12.4. The second kappa shape index (κ2) is 6.51. The van der Waals surface area contributed by atoms with E-state index >= 15 is 0 Å². The molecule has 0 saturated heterocycles. The van der Waals surface area contributed by atoms with Gasteiger partial charge in [-0.15, -0.1) is 0 Å². The first-order valence-corrected chi connectivity index (χ1v) is 7.60. The predicted octanol–water partition coefficient (Wildman–Crippen LogP) is 5.56. The number of urea groups is 1. The zero-order chi connectivity index (χ0) is 17.3. The van der Waals surface area contributed by atoms with E-state index in [1.807, 2.05) is 0 Å². The predicted molar refractivity (Wildman–Crippen MR) is 91.4 cm³/mol. The molecule has 2 aromatic heterocycles. The summed E-state index contributed by atoms with van der Waals surface area (Å²) in [5.74, 6) is 0.211. The van der Waals surface area contributed by atoms with E-state index in [1.54, 1.807) is 31.2 Å². The zero-order valence-corrected chi connectivity index (χ0v) is 13.9. The molecule has 0 fully saturated rings. The van der Waals surface area contributed by atoms with Crippen LogP contribution in [-0.2, 0) is 0 Å². The first kappa shape index (κ1) is 16.3. The van der Waals surface area contributed by atoms with Gasteiger partial charge in [0.25, 0.3) is 0 Å². The van der Waals surface area contributed by atoms with Gasteiger partial charge in [-0.1, -0.05) is 23.2 Å². The van der Waals surface area contributed by atoms with E-state index in [-0.39, 0.29) is 28.2 Å². The molecule has 6 nitrogen and oxygen atoms in total. The Morgan fingerprint density at radius 2 is 1.75 bits per heavy atom. The highest BCUT2D eigenvalue weighted by Gasteiger charge is 2.24. The van der Waals surface area contributed by atoms with Crippen LogP contribution in [0.1, 0.15) is 5.56 Å². The summed E-state index contributed by atoms with van der Waals surface area (Å²) in [7, 11) is 0. The molecular weight excluding hydrogens is 355 g/mol. The Balaban J connectivity index is 1.96. The van der Waals surface area contributed by atoms with Crippen LogP contribution in [0.4, 0.5) is 22.3 Å². The number of phenolic OH excluding ortho intramolecular Hbond substituents is 1. The molecule has 1 aromatic carbocycles. The molecule has 2 N–H and O–H groups in total. The molecule has 0 aliphatic heterocycles. The van der Waals surface area contributed by atoms with E-state index in [2.05, 4.69) is 5.32 Å². The maximum atomic E-state index is 12.7. The lowest BCUT2D eigenvalue weighted by Crippen LogP contribution is -2.30. The molecular formula is C16H12Cl2N2O4. The quantitative estimate of drug-likeness (QED) is 0.594. The van der Waals surface area contributed by atoms with Crippen molar-refractivity contribution in [3.05, 3.63) is 58.5 Å². The minimum absolute atomic E-state index is 0.0698. The molecule has 3 aromatic rings. The third kappa shape index (κ3) is 2.93. The van der Waals surface area contributed by atoms with Gasteiger partial charge in [0, 0.05) is 17.2 Å². The fourth-order valence-corrected chi connectivity index (χ4v) is 2.53. The summed E-state index contributed by atoms with van der Waals surface area (Å²) < 4.78 is 10.5. The number of nitrogens with zero attached hydrogens (tertiary/aromatic N) is 1. The average Bonchev–Trinajstić information content (AvgIpc) is 3.25.